The third-order valence-corrected chi connectivity index (χ3v) is 7.70. The second-order valence-corrected chi connectivity index (χ2v) is 10.5. The number of aliphatic hydroxyl groups is 1. The molecule has 2 N–H and O–H groups in total. The molecule has 34 heavy (non-hydrogen) atoms. The minimum absolute atomic E-state index is 0.00670. The van der Waals surface area contributed by atoms with E-state index in [-0.39, 0.29) is 24.2 Å². The summed E-state index contributed by atoms with van der Waals surface area (Å²) in [7, 11) is -3.81. The number of aromatic nitrogens is 1. The summed E-state index contributed by atoms with van der Waals surface area (Å²) in [6.45, 7) is 1.09. The first kappa shape index (κ1) is 24.2. The number of pyridine rings is 1. The Morgan fingerprint density at radius 3 is 2.50 bits per heavy atom. The number of carbonyl (C=O) groups excluding carboxylic acids is 1. The molecule has 1 fully saturated rings. The van der Waals surface area contributed by atoms with Crippen LogP contribution in [0.15, 0.2) is 41.2 Å². The van der Waals surface area contributed by atoms with Gasteiger partial charge in [-0.3, -0.25) is 9.59 Å². The van der Waals surface area contributed by atoms with Crippen LogP contribution in [-0.4, -0.2) is 47.2 Å². The summed E-state index contributed by atoms with van der Waals surface area (Å²) in [4.78, 5) is 26.3. The number of hydrogen-bond donors (Lipinski definition) is 2. The van der Waals surface area contributed by atoms with Crippen LogP contribution in [0.1, 0.15) is 29.8 Å². The summed E-state index contributed by atoms with van der Waals surface area (Å²) in [5.41, 5.74) is 0.660. The Bertz CT molecular complexity index is 1300. The van der Waals surface area contributed by atoms with Gasteiger partial charge in [0.15, 0.2) is 0 Å². The Hall–Kier alpha value is -2.89. The molecule has 0 unspecified atom stereocenters. The molecule has 1 amide bonds. The Balaban J connectivity index is 1.75. The van der Waals surface area contributed by atoms with Crippen molar-refractivity contribution in [1.29, 1.82) is 0 Å². The monoisotopic (exact) mass is 493 g/mol. The number of allylic oxidation sites excluding steroid dienone is 1. The maximum absolute atomic E-state index is 13.5. The van der Waals surface area contributed by atoms with Crippen LogP contribution in [-0.2, 0) is 27.9 Å². The average Bonchev–Trinajstić information content (AvgIpc) is 3.01. The maximum atomic E-state index is 13.5. The van der Waals surface area contributed by atoms with Crippen molar-refractivity contribution >= 4 is 22.0 Å². The fraction of sp³-hybridized carbons (Fsp3) is 0.391. The molecular weight excluding hydrogens is 468 g/mol. The smallest absolute Gasteiger partial charge is 0.258 e. The lowest BCUT2D eigenvalue weighted by molar-refractivity contribution is -0.127. The lowest BCUT2D eigenvalue weighted by Crippen LogP contribution is -2.48. The highest BCUT2D eigenvalue weighted by atomic mass is 32.2. The van der Waals surface area contributed by atoms with Gasteiger partial charge in [-0.1, -0.05) is 12.2 Å². The van der Waals surface area contributed by atoms with Crippen LogP contribution >= 0.6 is 0 Å². The normalized spacial score (nSPS) is 24.4. The summed E-state index contributed by atoms with van der Waals surface area (Å²) >= 11 is 0. The zero-order valence-corrected chi connectivity index (χ0v) is 19.4. The minimum atomic E-state index is -3.81. The maximum Gasteiger partial charge on any atom is 0.258 e. The molecule has 0 spiro atoms. The second-order valence-electron chi connectivity index (χ2n) is 8.60. The molecule has 4 atom stereocenters. The van der Waals surface area contributed by atoms with Gasteiger partial charge in [0.05, 0.1) is 18.2 Å². The molecule has 0 saturated carbocycles. The van der Waals surface area contributed by atoms with Crippen molar-refractivity contribution in [2.75, 3.05) is 12.9 Å². The van der Waals surface area contributed by atoms with E-state index in [9.17, 15) is 31.9 Å². The predicted octanol–water partition coefficient (Wildman–Crippen LogP) is 1.40. The molecule has 11 heteroatoms. The van der Waals surface area contributed by atoms with Gasteiger partial charge in [-0.2, -0.15) is 4.31 Å². The molecule has 1 aromatic carbocycles. The van der Waals surface area contributed by atoms with Crippen molar-refractivity contribution in [3.8, 4) is 0 Å². The van der Waals surface area contributed by atoms with Crippen molar-refractivity contribution in [2.45, 2.75) is 32.1 Å². The molecule has 182 valence electrons. The first-order valence-electron chi connectivity index (χ1n) is 10.7. The topological polar surface area (TPSA) is 109 Å². The zero-order valence-electron chi connectivity index (χ0n) is 18.6. The van der Waals surface area contributed by atoms with Gasteiger partial charge in [0.25, 0.3) is 5.56 Å². The van der Waals surface area contributed by atoms with E-state index >= 15 is 0 Å². The number of amides is 1. The molecule has 3 heterocycles. The summed E-state index contributed by atoms with van der Waals surface area (Å²) < 4.78 is 55.2. The lowest BCUT2D eigenvalue weighted by atomic mass is 9.86. The molecule has 2 bridgehead atoms. The van der Waals surface area contributed by atoms with E-state index in [1.165, 1.54) is 8.87 Å². The van der Waals surface area contributed by atoms with E-state index in [4.69, 9.17) is 0 Å². The van der Waals surface area contributed by atoms with Gasteiger partial charge in [-0.05, 0) is 36.8 Å². The van der Waals surface area contributed by atoms with E-state index in [0.717, 1.165) is 18.4 Å². The van der Waals surface area contributed by atoms with Crippen molar-refractivity contribution in [2.24, 2.45) is 11.8 Å². The number of hydrogen-bond acceptors (Lipinski definition) is 5. The number of fused-ring (bicyclic) bond motifs is 4. The van der Waals surface area contributed by atoms with Crippen molar-refractivity contribution in [3.05, 3.63) is 75.2 Å². The molecule has 2 aliphatic rings. The number of nitrogens with one attached hydrogen (secondary N) is 1. The number of halogens is 2. The fourth-order valence-corrected chi connectivity index (χ4v) is 6.52. The lowest BCUT2D eigenvalue weighted by Gasteiger charge is -2.36. The van der Waals surface area contributed by atoms with Crippen molar-refractivity contribution in [3.63, 3.8) is 0 Å². The first-order chi connectivity index (χ1) is 16.1. The van der Waals surface area contributed by atoms with Gasteiger partial charge in [0, 0.05) is 49.0 Å². The first-order valence-corrected chi connectivity index (χ1v) is 12.6. The van der Waals surface area contributed by atoms with E-state index in [1.807, 2.05) is 0 Å². The third-order valence-electron chi connectivity index (χ3n) is 6.44. The Kier molecular flexibility index (Phi) is 6.45. The highest BCUT2D eigenvalue weighted by molar-refractivity contribution is 7.88. The van der Waals surface area contributed by atoms with Crippen LogP contribution in [0.5, 0.6) is 0 Å². The Morgan fingerprint density at radius 1 is 1.24 bits per heavy atom. The molecule has 2 aromatic rings. The van der Waals surface area contributed by atoms with Gasteiger partial charge >= 0.3 is 0 Å². The van der Waals surface area contributed by atoms with E-state index in [1.54, 1.807) is 31.2 Å². The van der Waals surface area contributed by atoms with Crippen molar-refractivity contribution in [1.82, 2.24) is 14.2 Å². The summed E-state index contributed by atoms with van der Waals surface area (Å²) in [6.07, 6.45) is 4.39. The second kappa shape index (κ2) is 9.05. The molecule has 0 radical (unpaired) electrons. The molecule has 1 saturated heterocycles. The highest BCUT2D eigenvalue weighted by Gasteiger charge is 2.58. The van der Waals surface area contributed by atoms with Crippen LogP contribution in [0.4, 0.5) is 8.78 Å². The number of aliphatic hydroxyl groups excluding tert-OH is 1. The third kappa shape index (κ3) is 4.19. The number of benzene rings is 1. The van der Waals surface area contributed by atoms with E-state index in [0.29, 0.717) is 17.3 Å². The number of carbonyl (C=O) groups is 1. The van der Waals surface area contributed by atoms with Gasteiger partial charge in [0.1, 0.15) is 11.6 Å². The summed E-state index contributed by atoms with van der Waals surface area (Å²) in [5, 5.41) is 12.8. The molecule has 4 rings (SSSR count). The van der Waals surface area contributed by atoms with Crippen LogP contribution in [0, 0.1) is 23.5 Å². The SMILES string of the molecule is C/C=C\c1ccc2n(c1=O)C[C@@H]1[C@@H](CO)[C@H](C(=O)NCc3cc(F)cc(F)c3)[C@H]2N1S(C)(=O)=O. The number of rotatable bonds is 6. The van der Waals surface area contributed by atoms with Crippen LogP contribution < -0.4 is 10.9 Å². The zero-order chi connectivity index (χ0) is 24.8. The molecule has 0 aliphatic carbocycles. The quantitative estimate of drug-likeness (QED) is 0.633. The minimum Gasteiger partial charge on any atom is -0.396 e. The highest BCUT2D eigenvalue weighted by Crippen LogP contribution is 2.49. The largest absolute Gasteiger partial charge is 0.396 e. The van der Waals surface area contributed by atoms with Crippen molar-refractivity contribution < 1.29 is 27.1 Å². The fourth-order valence-electron chi connectivity index (χ4n) is 5.15. The molecule has 2 aliphatic heterocycles. The Labute approximate surface area is 195 Å². The van der Waals surface area contributed by atoms with E-state index in [2.05, 4.69) is 5.32 Å². The van der Waals surface area contributed by atoms with E-state index < -0.39 is 58.1 Å². The molecular formula is C23H25F2N3O5S. The number of nitrogens with zero attached hydrogens (tertiary/aromatic N) is 2. The van der Waals surface area contributed by atoms with Crippen LogP contribution in [0.25, 0.3) is 6.08 Å². The van der Waals surface area contributed by atoms with Crippen LogP contribution in [0.3, 0.4) is 0 Å². The van der Waals surface area contributed by atoms with Gasteiger partial charge in [-0.15, -0.1) is 0 Å². The standard InChI is InChI=1S/C23H25F2N3O5S/c1-3-4-14-5-6-18-21-20(22(30)26-10-13-7-15(24)9-16(25)8-13)17(12-29)19(11-27(18)23(14)31)28(21)34(2,32)33/h3-9,17,19-21,29H,10-12H2,1-2H3,(H,26,30)/b4-3-/t17-,19-,20+,21+/m1/s1. The van der Waals surface area contributed by atoms with Gasteiger partial charge < -0.3 is 15.0 Å². The average molecular weight is 494 g/mol. The number of sulfonamides is 1. The summed E-state index contributed by atoms with van der Waals surface area (Å²) in [6, 6.07) is 4.26. The molecule has 1 aromatic heterocycles. The van der Waals surface area contributed by atoms with Gasteiger partial charge in [-0.25, -0.2) is 17.2 Å². The Morgan fingerprint density at radius 2 is 1.91 bits per heavy atom. The van der Waals surface area contributed by atoms with Gasteiger partial charge in [0.2, 0.25) is 15.9 Å². The molecule has 8 nitrogen and oxygen atoms in total. The van der Waals surface area contributed by atoms with Crippen LogP contribution in [0.2, 0.25) is 0 Å². The summed E-state index contributed by atoms with van der Waals surface area (Å²) in [5.74, 6) is -3.95. The predicted molar refractivity (Wildman–Crippen MR) is 121 cm³/mol.